The van der Waals surface area contributed by atoms with E-state index >= 15 is 0 Å². The van der Waals surface area contributed by atoms with E-state index in [-0.39, 0.29) is 0 Å². The van der Waals surface area contributed by atoms with Crippen molar-refractivity contribution in [2.45, 2.75) is 44.2 Å². The Balaban J connectivity index is 2.00. The first kappa shape index (κ1) is 15.3. The molecule has 1 aliphatic heterocycles. The zero-order chi connectivity index (χ0) is 14.8. The summed E-state index contributed by atoms with van der Waals surface area (Å²) in [7, 11) is 1.74. The van der Waals surface area contributed by atoms with Crippen molar-refractivity contribution in [2.75, 3.05) is 20.2 Å². The molecule has 0 amide bonds. The Morgan fingerprint density at radius 3 is 2.76 bits per heavy atom. The first-order chi connectivity index (χ1) is 10.2. The summed E-state index contributed by atoms with van der Waals surface area (Å²) < 4.78 is 6.62. The molecule has 3 nitrogen and oxygen atoms in total. The Morgan fingerprint density at radius 1 is 1.29 bits per heavy atom. The predicted molar refractivity (Wildman–Crippen MR) is 89.6 cm³/mol. The van der Waals surface area contributed by atoms with Crippen LogP contribution in [0.1, 0.15) is 43.7 Å². The summed E-state index contributed by atoms with van der Waals surface area (Å²) in [6.45, 7) is 1.97. The van der Waals surface area contributed by atoms with Gasteiger partial charge in [0.25, 0.3) is 0 Å². The first-order valence-electron chi connectivity index (χ1n) is 8.04. The summed E-state index contributed by atoms with van der Waals surface area (Å²) >= 11 is 3.75. The number of nitrogens with zero attached hydrogens (tertiary/aromatic N) is 1. The lowest BCUT2D eigenvalue weighted by molar-refractivity contribution is 0.148. The average molecular weight is 353 g/mol. The number of methoxy groups -OCH3 is 1. The molecule has 1 aromatic carbocycles. The van der Waals surface area contributed by atoms with E-state index < -0.39 is 0 Å². The number of nitrogens with two attached hydrogens (primary N) is 1. The molecule has 2 atom stereocenters. The number of ether oxygens (including phenoxy) is 1. The van der Waals surface area contributed by atoms with Gasteiger partial charge < -0.3 is 10.5 Å². The van der Waals surface area contributed by atoms with E-state index in [0.29, 0.717) is 12.0 Å². The van der Waals surface area contributed by atoms with Gasteiger partial charge >= 0.3 is 0 Å². The predicted octanol–water partition coefficient (Wildman–Crippen LogP) is 3.72. The second kappa shape index (κ2) is 6.67. The molecule has 1 saturated carbocycles. The Morgan fingerprint density at radius 2 is 2.10 bits per heavy atom. The molecule has 2 unspecified atom stereocenters. The van der Waals surface area contributed by atoms with Crippen LogP contribution in [0, 0.1) is 5.92 Å². The molecular weight excluding hydrogens is 328 g/mol. The minimum atomic E-state index is 0.425. The van der Waals surface area contributed by atoms with Gasteiger partial charge in [-0.25, -0.2) is 0 Å². The van der Waals surface area contributed by atoms with Crippen molar-refractivity contribution in [3.05, 3.63) is 28.2 Å². The zero-order valence-electron chi connectivity index (χ0n) is 12.7. The Labute approximate surface area is 136 Å². The molecule has 2 aliphatic rings. The Bertz CT molecular complexity index is 490. The van der Waals surface area contributed by atoms with Crippen LogP contribution in [-0.2, 0) is 0 Å². The Hall–Kier alpha value is -0.580. The molecule has 0 radical (unpaired) electrons. The van der Waals surface area contributed by atoms with Gasteiger partial charge in [-0.3, -0.25) is 4.90 Å². The van der Waals surface area contributed by atoms with Crippen molar-refractivity contribution in [1.82, 2.24) is 4.90 Å². The summed E-state index contributed by atoms with van der Waals surface area (Å²) in [5.74, 6) is 1.47. The minimum absolute atomic E-state index is 0.425. The second-order valence-corrected chi connectivity index (χ2v) is 7.15. The first-order valence-corrected chi connectivity index (χ1v) is 8.83. The monoisotopic (exact) mass is 352 g/mol. The van der Waals surface area contributed by atoms with E-state index in [9.17, 15) is 0 Å². The van der Waals surface area contributed by atoms with Gasteiger partial charge in [0.2, 0.25) is 0 Å². The van der Waals surface area contributed by atoms with Gasteiger partial charge in [0.05, 0.1) is 7.11 Å². The van der Waals surface area contributed by atoms with Gasteiger partial charge in [-0.1, -0.05) is 22.4 Å². The van der Waals surface area contributed by atoms with Gasteiger partial charge in [0.15, 0.2) is 0 Å². The van der Waals surface area contributed by atoms with Crippen LogP contribution in [0.5, 0.6) is 5.75 Å². The molecular formula is C17H25BrN2O. The molecule has 3 rings (SSSR count). The SMILES string of the molecule is COc1ccc(Br)c(C2C(CN)CCCCN2C2CC2)c1. The lowest BCUT2D eigenvalue weighted by Gasteiger charge is -2.36. The van der Waals surface area contributed by atoms with Crippen LogP contribution in [0.3, 0.4) is 0 Å². The van der Waals surface area contributed by atoms with Crippen molar-refractivity contribution < 1.29 is 4.74 Å². The van der Waals surface area contributed by atoms with Crippen LogP contribution in [0.15, 0.2) is 22.7 Å². The van der Waals surface area contributed by atoms with Crippen molar-refractivity contribution in [1.29, 1.82) is 0 Å². The van der Waals surface area contributed by atoms with Crippen LogP contribution < -0.4 is 10.5 Å². The highest BCUT2D eigenvalue weighted by Crippen LogP contribution is 2.44. The fourth-order valence-electron chi connectivity index (χ4n) is 3.64. The maximum atomic E-state index is 6.13. The van der Waals surface area contributed by atoms with Gasteiger partial charge in [0, 0.05) is 16.6 Å². The van der Waals surface area contributed by atoms with E-state index in [2.05, 4.69) is 33.0 Å². The van der Waals surface area contributed by atoms with Crippen LogP contribution in [0.2, 0.25) is 0 Å². The molecule has 0 spiro atoms. The molecule has 116 valence electrons. The fraction of sp³-hybridized carbons (Fsp3) is 0.647. The number of rotatable bonds is 4. The summed E-state index contributed by atoms with van der Waals surface area (Å²) in [4.78, 5) is 2.71. The number of hydrogen-bond donors (Lipinski definition) is 1. The van der Waals surface area contributed by atoms with E-state index in [1.807, 2.05) is 6.07 Å². The third-order valence-electron chi connectivity index (χ3n) is 4.89. The number of likely N-dealkylation sites (tertiary alicyclic amines) is 1. The Kier molecular flexibility index (Phi) is 4.87. The van der Waals surface area contributed by atoms with Gasteiger partial charge in [0.1, 0.15) is 5.75 Å². The molecule has 4 heteroatoms. The third kappa shape index (κ3) is 3.27. The van der Waals surface area contributed by atoms with E-state index in [0.717, 1.165) is 18.3 Å². The second-order valence-electron chi connectivity index (χ2n) is 6.29. The van der Waals surface area contributed by atoms with Crippen LogP contribution in [-0.4, -0.2) is 31.1 Å². The molecule has 0 aromatic heterocycles. The average Bonchev–Trinajstić information content (AvgIpc) is 3.33. The number of hydrogen-bond acceptors (Lipinski definition) is 3. The van der Waals surface area contributed by atoms with Crippen molar-refractivity contribution in [3.63, 3.8) is 0 Å². The molecule has 1 saturated heterocycles. The maximum absolute atomic E-state index is 6.13. The minimum Gasteiger partial charge on any atom is -0.497 e. The normalized spacial score (nSPS) is 27.4. The van der Waals surface area contributed by atoms with E-state index in [4.69, 9.17) is 10.5 Å². The summed E-state index contributed by atoms with van der Waals surface area (Å²) in [5, 5.41) is 0. The molecule has 21 heavy (non-hydrogen) atoms. The highest BCUT2D eigenvalue weighted by Gasteiger charge is 2.39. The van der Waals surface area contributed by atoms with Crippen molar-refractivity contribution >= 4 is 15.9 Å². The summed E-state index contributed by atoms with van der Waals surface area (Å²) in [5.41, 5.74) is 7.48. The molecule has 1 aliphatic carbocycles. The molecule has 2 fully saturated rings. The van der Waals surface area contributed by atoms with Gasteiger partial charge in [-0.15, -0.1) is 0 Å². The van der Waals surface area contributed by atoms with Crippen molar-refractivity contribution in [3.8, 4) is 5.75 Å². The third-order valence-corrected chi connectivity index (χ3v) is 5.61. The van der Waals surface area contributed by atoms with Crippen molar-refractivity contribution in [2.24, 2.45) is 11.7 Å². The van der Waals surface area contributed by atoms with Crippen LogP contribution >= 0.6 is 15.9 Å². The summed E-state index contributed by atoms with van der Waals surface area (Å²) in [6.07, 6.45) is 6.51. The maximum Gasteiger partial charge on any atom is 0.119 e. The quantitative estimate of drug-likeness (QED) is 0.897. The van der Waals surface area contributed by atoms with Gasteiger partial charge in [-0.2, -0.15) is 0 Å². The van der Waals surface area contributed by atoms with Crippen LogP contribution in [0.25, 0.3) is 0 Å². The molecule has 0 bridgehead atoms. The lowest BCUT2D eigenvalue weighted by atomic mass is 9.89. The standard InChI is InChI=1S/C17H25BrN2O/c1-21-14-7-8-16(18)15(10-14)17-12(11-19)4-2-3-9-20(17)13-5-6-13/h7-8,10,12-13,17H,2-6,9,11,19H2,1H3. The topological polar surface area (TPSA) is 38.5 Å². The highest BCUT2D eigenvalue weighted by atomic mass is 79.9. The largest absolute Gasteiger partial charge is 0.497 e. The number of benzene rings is 1. The molecule has 1 heterocycles. The number of halogens is 1. The summed E-state index contributed by atoms with van der Waals surface area (Å²) in [6, 6.07) is 7.51. The lowest BCUT2D eigenvalue weighted by Crippen LogP contribution is -2.37. The van der Waals surface area contributed by atoms with Crippen LogP contribution in [0.4, 0.5) is 0 Å². The molecule has 2 N–H and O–H groups in total. The fourth-order valence-corrected chi connectivity index (χ4v) is 4.12. The van der Waals surface area contributed by atoms with E-state index in [1.54, 1.807) is 7.11 Å². The van der Waals surface area contributed by atoms with Gasteiger partial charge in [-0.05, 0) is 68.5 Å². The smallest absolute Gasteiger partial charge is 0.119 e. The van der Waals surface area contributed by atoms with E-state index in [1.165, 1.54) is 48.7 Å². The molecule has 1 aromatic rings. The highest BCUT2D eigenvalue weighted by molar-refractivity contribution is 9.10. The zero-order valence-corrected chi connectivity index (χ0v) is 14.3.